The lowest BCUT2D eigenvalue weighted by atomic mass is 9.81. The van der Waals surface area contributed by atoms with Crippen molar-refractivity contribution < 1.29 is 57.6 Å². The van der Waals surface area contributed by atoms with Crippen molar-refractivity contribution in [3.63, 3.8) is 0 Å². The molecule has 10 fully saturated rings. The minimum absolute atomic E-state index is 0.0260. The van der Waals surface area contributed by atoms with Gasteiger partial charge in [0.15, 0.2) is 5.79 Å². The van der Waals surface area contributed by atoms with E-state index in [0.717, 1.165) is 49.7 Å². The third kappa shape index (κ3) is 6.59. The lowest BCUT2D eigenvalue weighted by molar-refractivity contribution is -0.292. The summed E-state index contributed by atoms with van der Waals surface area (Å²) < 4.78 is 59.8. The van der Waals surface area contributed by atoms with Crippen LogP contribution in [0.15, 0.2) is 24.3 Å². The molecule has 19 atom stereocenters. The quantitative estimate of drug-likeness (QED) is 0.410. The fraction of sp³-hybridized carbons (Fsp3) is 0.875. The largest absolute Gasteiger partial charge is 0.394 e. The maximum absolute atomic E-state index is 14.0. The molecular weight excluding hydrogens is 672 g/mol. The third-order valence-corrected chi connectivity index (χ3v) is 13.9. The van der Waals surface area contributed by atoms with Gasteiger partial charge in [0.25, 0.3) is 0 Å². The first kappa shape index (κ1) is 36.4. The Kier molecular flexibility index (Phi) is 10.0. The summed E-state index contributed by atoms with van der Waals surface area (Å²) in [5, 5.41) is 20.1. The van der Waals surface area contributed by atoms with Gasteiger partial charge < -0.3 is 52.8 Å². The van der Waals surface area contributed by atoms with Crippen molar-refractivity contribution in [3.05, 3.63) is 24.3 Å². The second-order valence-corrected chi connectivity index (χ2v) is 17.4. The molecule has 52 heavy (non-hydrogen) atoms. The van der Waals surface area contributed by atoms with Crippen molar-refractivity contribution in [1.29, 1.82) is 0 Å². The zero-order valence-corrected chi connectivity index (χ0v) is 30.7. The van der Waals surface area contributed by atoms with Gasteiger partial charge in [0.2, 0.25) is 0 Å². The van der Waals surface area contributed by atoms with Crippen LogP contribution in [-0.2, 0) is 47.4 Å². The predicted octanol–water partition coefficient (Wildman–Crippen LogP) is 3.47. The molecule has 12 bridgehead atoms. The molecule has 0 radical (unpaired) electrons. The van der Waals surface area contributed by atoms with E-state index < -0.39 is 24.1 Å². The molecule has 10 heterocycles. The topological polar surface area (TPSA) is 141 Å². The van der Waals surface area contributed by atoms with Gasteiger partial charge in [-0.2, -0.15) is 0 Å². The average Bonchev–Trinajstić information content (AvgIpc) is 3.79. The van der Waals surface area contributed by atoms with Crippen LogP contribution in [0.4, 0.5) is 0 Å². The maximum atomic E-state index is 14.0. The first-order valence-electron chi connectivity index (χ1n) is 20.1. The van der Waals surface area contributed by atoms with Gasteiger partial charge in [-0.3, -0.25) is 4.79 Å². The Morgan fingerprint density at radius 3 is 2.37 bits per heavy atom. The summed E-state index contributed by atoms with van der Waals surface area (Å²) in [6.07, 6.45) is 4.01. The van der Waals surface area contributed by atoms with Crippen molar-refractivity contribution in [2.45, 2.75) is 194 Å². The summed E-state index contributed by atoms with van der Waals surface area (Å²) in [4.78, 5) is 14.0. The number of aliphatic hydroxyl groups excluding tert-OH is 2. The highest BCUT2D eigenvalue weighted by molar-refractivity contribution is 5.79. The number of fused-ring (bicyclic) bond motifs is 6. The third-order valence-electron chi connectivity index (χ3n) is 13.9. The van der Waals surface area contributed by atoms with E-state index in [0.29, 0.717) is 25.7 Å². The minimum atomic E-state index is -0.951. The lowest BCUT2D eigenvalue weighted by Crippen LogP contribution is -2.61. The molecule has 2 N–H and O–H groups in total. The van der Waals surface area contributed by atoms with Crippen molar-refractivity contribution in [1.82, 2.24) is 0 Å². The molecule has 0 aromatic carbocycles. The molecule has 10 rings (SSSR count). The minimum Gasteiger partial charge on any atom is -0.394 e. The summed E-state index contributed by atoms with van der Waals surface area (Å²) in [5.41, 5.74) is 2.17. The van der Waals surface area contributed by atoms with Crippen molar-refractivity contribution >= 4 is 5.78 Å². The van der Waals surface area contributed by atoms with Crippen LogP contribution in [0.25, 0.3) is 0 Å². The Balaban J connectivity index is 0.994. The second kappa shape index (κ2) is 14.3. The summed E-state index contributed by atoms with van der Waals surface area (Å²) in [6.45, 7) is 10.7. The first-order chi connectivity index (χ1) is 25.1. The van der Waals surface area contributed by atoms with Gasteiger partial charge >= 0.3 is 0 Å². The van der Waals surface area contributed by atoms with E-state index in [4.69, 9.17) is 42.6 Å². The highest BCUT2D eigenvalue weighted by Crippen LogP contribution is 2.54. The number of ketones is 1. The van der Waals surface area contributed by atoms with Gasteiger partial charge in [-0.1, -0.05) is 20.1 Å². The number of Topliss-reactive ketones (excluding diaryl/α,β-unsaturated/α-hetero) is 1. The summed E-state index contributed by atoms with van der Waals surface area (Å²) in [7, 11) is 1.63. The highest BCUT2D eigenvalue weighted by atomic mass is 16.8. The zero-order chi connectivity index (χ0) is 35.9. The second-order valence-electron chi connectivity index (χ2n) is 17.4. The molecule has 0 aromatic heterocycles. The van der Waals surface area contributed by atoms with Gasteiger partial charge in [0, 0.05) is 51.6 Å². The monoisotopic (exact) mass is 730 g/mol. The molecule has 10 aliphatic rings. The van der Waals surface area contributed by atoms with Gasteiger partial charge in [-0.15, -0.1) is 0 Å². The van der Waals surface area contributed by atoms with Crippen LogP contribution in [-0.4, -0.2) is 133 Å². The standard InChI is InChI=1S/C40H58O12/c1-19-11-24-5-7-28-20(2)12-26(45-28)9-10-40-17-33-36(51-40)37-38(50-33)39(52-40)35-29(49-37)8-6-25(47-35)13-22(42)14-27-31(16-30(46-24)21(19)3)48-32(34(27)44-4)15-23(43)18-41/h19,23-39,41,43H,2-3,5-18H2,1,4H3/t19-,23+,24+,25-,26?,27?,28?,29+,30?,31+,32?,33?,34-,35+,36+,37+,38-,39+,40+/m1/s1. The number of methoxy groups -OCH3 is 1. The molecule has 1 spiro atoms. The Hall–Kier alpha value is -1.29. The lowest BCUT2D eigenvalue weighted by Gasteiger charge is -2.47. The number of ether oxygens (including phenoxy) is 9. The van der Waals surface area contributed by atoms with E-state index in [1.54, 1.807) is 7.11 Å². The molecule has 0 aliphatic carbocycles. The van der Waals surface area contributed by atoms with Crippen LogP contribution in [0.5, 0.6) is 0 Å². The number of aliphatic hydroxyl groups is 2. The molecule has 10 aliphatic heterocycles. The Labute approximate surface area is 306 Å². The fourth-order valence-electron chi connectivity index (χ4n) is 11.3. The molecule has 12 heteroatoms. The van der Waals surface area contributed by atoms with Crippen LogP contribution in [0.1, 0.15) is 90.4 Å². The van der Waals surface area contributed by atoms with E-state index in [1.165, 1.54) is 0 Å². The Morgan fingerprint density at radius 2 is 1.54 bits per heavy atom. The van der Waals surface area contributed by atoms with Gasteiger partial charge in [-0.25, -0.2) is 0 Å². The van der Waals surface area contributed by atoms with E-state index in [2.05, 4.69) is 20.1 Å². The molecule has 10 saturated heterocycles. The number of hydrogen-bond donors (Lipinski definition) is 2. The zero-order valence-electron chi connectivity index (χ0n) is 30.7. The highest BCUT2D eigenvalue weighted by Gasteiger charge is 2.68. The van der Waals surface area contributed by atoms with Gasteiger partial charge in [-0.05, 0) is 62.0 Å². The van der Waals surface area contributed by atoms with Crippen molar-refractivity contribution in [2.24, 2.45) is 11.8 Å². The van der Waals surface area contributed by atoms with E-state index in [1.807, 2.05) is 0 Å². The van der Waals surface area contributed by atoms with Crippen LogP contribution >= 0.6 is 0 Å². The maximum Gasteiger partial charge on any atom is 0.172 e. The number of rotatable bonds is 4. The predicted molar refractivity (Wildman–Crippen MR) is 184 cm³/mol. The van der Waals surface area contributed by atoms with Crippen LogP contribution < -0.4 is 0 Å². The van der Waals surface area contributed by atoms with Crippen LogP contribution in [0, 0.1) is 11.8 Å². The Bertz CT molecular complexity index is 1370. The molecule has 0 aromatic rings. The van der Waals surface area contributed by atoms with Crippen molar-refractivity contribution in [3.8, 4) is 0 Å². The van der Waals surface area contributed by atoms with E-state index in [-0.39, 0.29) is 123 Å². The first-order valence-corrected chi connectivity index (χ1v) is 20.1. The summed E-state index contributed by atoms with van der Waals surface area (Å²) in [5.74, 6) is -0.709. The molecule has 0 saturated carbocycles. The molecule has 6 unspecified atom stereocenters. The van der Waals surface area contributed by atoms with Gasteiger partial charge in [0.05, 0.1) is 73.8 Å². The molecule has 12 nitrogen and oxygen atoms in total. The Morgan fingerprint density at radius 1 is 0.788 bits per heavy atom. The molecular formula is C40H58O12. The summed E-state index contributed by atoms with van der Waals surface area (Å²) in [6, 6.07) is 0. The van der Waals surface area contributed by atoms with Crippen LogP contribution in [0.3, 0.4) is 0 Å². The fourth-order valence-corrected chi connectivity index (χ4v) is 11.3. The number of carbonyl (C=O) groups is 1. The van der Waals surface area contributed by atoms with Gasteiger partial charge in [0.1, 0.15) is 36.3 Å². The average molecular weight is 731 g/mol. The smallest absolute Gasteiger partial charge is 0.172 e. The van der Waals surface area contributed by atoms with E-state index in [9.17, 15) is 15.0 Å². The number of carbonyl (C=O) groups excluding carboxylic acids is 1. The van der Waals surface area contributed by atoms with Crippen LogP contribution in [0.2, 0.25) is 0 Å². The summed E-state index contributed by atoms with van der Waals surface area (Å²) >= 11 is 0. The van der Waals surface area contributed by atoms with E-state index >= 15 is 0 Å². The SMILES string of the molecule is C=C1CC2CC[C@@]34CC5O[C@H]6[C@@H](O3)[C@H]3O[C@H](CC[C@@H]3O[C@H]6[C@H]5O4)CC(=O)CC3[C@@H](OC)C(C[C@H](O)CO)O[C@H]3CC3O[C@@H](CCC1O2)C[C@@H](C)C3=C. The molecule has 0 amide bonds. The molecule has 290 valence electrons. The van der Waals surface area contributed by atoms with Crippen molar-refractivity contribution in [2.75, 3.05) is 13.7 Å². The number of hydrogen-bond acceptors (Lipinski definition) is 12. The normalized spacial score (nSPS) is 52.4.